The van der Waals surface area contributed by atoms with E-state index < -0.39 is 6.09 Å². The van der Waals surface area contributed by atoms with Crippen LogP contribution < -0.4 is 5.32 Å². The van der Waals surface area contributed by atoms with Crippen molar-refractivity contribution in [2.45, 2.75) is 6.61 Å². The minimum atomic E-state index is -0.736. The Morgan fingerprint density at radius 3 is 2.56 bits per heavy atom. The van der Waals surface area contributed by atoms with Crippen LogP contribution in [0.3, 0.4) is 0 Å². The molecule has 1 N–H and O–H groups in total. The van der Waals surface area contributed by atoms with Crippen LogP contribution in [0.15, 0.2) is 65.1 Å². The van der Waals surface area contributed by atoms with Gasteiger partial charge >= 0.3 is 6.09 Å². The first kappa shape index (κ1) is 16.3. The number of nitriles is 1. The molecule has 5 nitrogen and oxygen atoms in total. The van der Waals surface area contributed by atoms with Gasteiger partial charge in [0.05, 0.1) is 0 Å². The third-order valence-corrected chi connectivity index (χ3v) is 3.41. The molecule has 0 aliphatic rings. The number of hydrogen-bond acceptors (Lipinski definition) is 4. The Morgan fingerprint density at radius 1 is 1.16 bits per heavy atom. The van der Waals surface area contributed by atoms with E-state index in [-0.39, 0.29) is 23.9 Å². The van der Waals surface area contributed by atoms with Gasteiger partial charge in [0.15, 0.2) is 0 Å². The van der Waals surface area contributed by atoms with E-state index >= 15 is 0 Å². The number of halogens is 1. The summed E-state index contributed by atoms with van der Waals surface area (Å²) < 4.78 is 23.6. The maximum absolute atomic E-state index is 13.0. The lowest BCUT2D eigenvalue weighted by molar-refractivity contribution is 0.154. The Morgan fingerprint density at radius 2 is 1.88 bits per heavy atom. The van der Waals surface area contributed by atoms with Crippen molar-refractivity contribution in [2.24, 2.45) is 0 Å². The molecule has 1 heterocycles. The summed E-state index contributed by atoms with van der Waals surface area (Å²) in [5.74, 6) is -0.0477. The van der Waals surface area contributed by atoms with E-state index in [0.29, 0.717) is 11.3 Å². The van der Waals surface area contributed by atoms with Gasteiger partial charge in [0.2, 0.25) is 5.88 Å². The first-order valence-corrected chi connectivity index (χ1v) is 7.43. The second-order valence-corrected chi connectivity index (χ2v) is 5.16. The summed E-state index contributed by atoms with van der Waals surface area (Å²) in [7, 11) is 0. The van der Waals surface area contributed by atoms with E-state index in [4.69, 9.17) is 9.15 Å². The second kappa shape index (κ2) is 7.32. The number of furan rings is 1. The molecule has 6 heteroatoms. The highest BCUT2D eigenvalue weighted by Crippen LogP contribution is 2.29. The quantitative estimate of drug-likeness (QED) is 0.749. The largest absolute Gasteiger partial charge is 0.444 e. The van der Waals surface area contributed by atoms with Crippen molar-refractivity contribution >= 4 is 12.0 Å². The van der Waals surface area contributed by atoms with Gasteiger partial charge in [0.25, 0.3) is 0 Å². The Bertz CT molecular complexity index is 912. The van der Waals surface area contributed by atoms with Crippen LogP contribution in [-0.2, 0) is 11.3 Å². The van der Waals surface area contributed by atoms with Gasteiger partial charge in [-0.15, -0.1) is 0 Å². The predicted octanol–water partition coefficient (Wildman–Crippen LogP) is 4.71. The number of nitrogens with zero attached hydrogens (tertiary/aromatic N) is 1. The molecule has 25 heavy (non-hydrogen) atoms. The number of rotatable bonds is 4. The lowest BCUT2D eigenvalue weighted by atomic mass is 10.1. The normalized spacial score (nSPS) is 10.1. The Balaban J connectivity index is 1.70. The molecule has 0 saturated heterocycles. The predicted molar refractivity (Wildman–Crippen MR) is 89.1 cm³/mol. The van der Waals surface area contributed by atoms with E-state index in [1.165, 1.54) is 30.3 Å². The van der Waals surface area contributed by atoms with Crippen molar-refractivity contribution in [2.75, 3.05) is 5.32 Å². The monoisotopic (exact) mass is 336 g/mol. The molecule has 0 atom stereocenters. The SMILES string of the molecule is N#Cc1cc(-c2ccc(F)cc2)oc1NC(=O)OCc1ccccc1. The zero-order valence-corrected chi connectivity index (χ0v) is 13.0. The first-order chi connectivity index (χ1) is 12.2. The van der Waals surface area contributed by atoms with Crippen molar-refractivity contribution in [1.29, 1.82) is 5.26 Å². The van der Waals surface area contributed by atoms with Crippen molar-refractivity contribution in [1.82, 2.24) is 0 Å². The zero-order chi connectivity index (χ0) is 17.6. The highest BCUT2D eigenvalue weighted by atomic mass is 19.1. The summed E-state index contributed by atoms with van der Waals surface area (Å²) in [5.41, 5.74) is 1.57. The Hall–Kier alpha value is -3.59. The molecule has 0 saturated carbocycles. The molecule has 1 aromatic heterocycles. The number of hydrogen-bond donors (Lipinski definition) is 1. The summed E-state index contributed by atoms with van der Waals surface area (Å²) in [4.78, 5) is 11.9. The molecule has 1 amide bonds. The van der Waals surface area contributed by atoms with Crippen LogP contribution in [0.1, 0.15) is 11.1 Å². The third-order valence-electron chi connectivity index (χ3n) is 3.41. The Kier molecular flexibility index (Phi) is 4.77. The van der Waals surface area contributed by atoms with Gasteiger partial charge in [-0.2, -0.15) is 5.26 Å². The highest BCUT2D eigenvalue weighted by molar-refractivity contribution is 5.85. The van der Waals surface area contributed by atoms with Crippen LogP contribution in [0, 0.1) is 17.1 Å². The van der Waals surface area contributed by atoms with E-state index in [0.717, 1.165) is 5.56 Å². The molecule has 2 aromatic carbocycles. The van der Waals surface area contributed by atoms with Crippen LogP contribution in [-0.4, -0.2) is 6.09 Å². The number of benzene rings is 2. The van der Waals surface area contributed by atoms with Crippen LogP contribution in [0.5, 0.6) is 0 Å². The minimum absolute atomic E-state index is 0.0140. The average Bonchev–Trinajstić information content (AvgIpc) is 3.04. The maximum atomic E-state index is 13.0. The van der Waals surface area contributed by atoms with Gasteiger partial charge in [-0.1, -0.05) is 30.3 Å². The molecule has 0 aliphatic heterocycles. The number of ether oxygens (including phenoxy) is 1. The molecule has 124 valence electrons. The number of anilines is 1. The molecule has 0 spiro atoms. The average molecular weight is 336 g/mol. The standard InChI is InChI=1S/C19H13FN2O3/c20-16-8-6-14(7-9-16)17-10-15(11-21)18(25-17)22-19(23)24-12-13-4-2-1-3-5-13/h1-10H,12H2,(H,22,23). The molecular formula is C19H13FN2O3. The van der Waals surface area contributed by atoms with Crippen molar-refractivity contribution < 1.29 is 18.3 Å². The number of amides is 1. The van der Waals surface area contributed by atoms with Crippen molar-refractivity contribution in [3.05, 3.63) is 77.6 Å². The zero-order valence-electron chi connectivity index (χ0n) is 13.0. The van der Waals surface area contributed by atoms with Crippen LogP contribution >= 0.6 is 0 Å². The van der Waals surface area contributed by atoms with Crippen molar-refractivity contribution in [3.63, 3.8) is 0 Å². The molecule has 0 fully saturated rings. The second-order valence-electron chi connectivity index (χ2n) is 5.16. The first-order valence-electron chi connectivity index (χ1n) is 7.43. The maximum Gasteiger partial charge on any atom is 0.414 e. The molecule has 3 aromatic rings. The minimum Gasteiger partial charge on any atom is -0.444 e. The van der Waals surface area contributed by atoms with Gasteiger partial charge in [0.1, 0.15) is 29.8 Å². The molecule has 0 unspecified atom stereocenters. The van der Waals surface area contributed by atoms with Crippen LogP contribution in [0.4, 0.5) is 15.1 Å². The summed E-state index contributed by atoms with van der Waals surface area (Å²) >= 11 is 0. The summed E-state index contributed by atoms with van der Waals surface area (Å²) in [6.45, 7) is 0.0973. The van der Waals surface area contributed by atoms with Crippen LogP contribution in [0.25, 0.3) is 11.3 Å². The molecule has 3 rings (SSSR count). The third kappa shape index (κ3) is 4.03. The Labute approximate surface area is 143 Å². The van der Waals surface area contributed by atoms with Crippen molar-refractivity contribution in [3.8, 4) is 17.4 Å². The number of nitrogens with one attached hydrogen (secondary N) is 1. The summed E-state index contributed by atoms with van der Waals surface area (Å²) in [6.07, 6.45) is -0.736. The van der Waals surface area contributed by atoms with E-state index in [2.05, 4.69) is 5.32 Å². The molecule has 0 radical (unpaired) electrons. The van der Waals surface area contributed by atoms with Gasteiger partial charge in [0, 0.05) is 11.6 Å². The summed E-state index contributed by atoms with van der Waals surface area (Å²) in [6, 6.07) is 18.2. The number of carbonyl (C=O) groups is 1. The van der Waals surface area contributed by atoms with Gasteiger partial charge in [-0.05, 0) is 29.8 Å². The van der Waals surface area contributed by atoms with Crippen LogP contribution in [0.2, 0.25) is 0 Å². The van der Waals surface area contributed by atoms with Gasteiger partial charge < -0.3 is 9.15 Å². The molecule has 0 bridgehead atoms. The smallest absolute Gasteiger partial charge is 0.414 e. The fourth-order valence-electron chi connectivity index (χ4n) is 2.18. The topological polar surface area (TPSA) is 75.3 Å². The van der Waals surface area contributed by atoms with E-state index in [9.17, 15) is 14.4 Å². The van der Waals surface area contributed by atoms with E-state index in [1.807, 2.05) is 36.4 Å². The van der Waals surface area contributed by atoms with Gasteiger partial charge in [-0.25, -0.2) is 9.18 Å². The molecule has 0 aliphatic carbocycles. The lowest BCUT2D eigenvalue weighted by Gasteiger charge is -2.05. The van der Waals surface area contributed by atoms with E-state index in [1.54, 1.807) is 0 Å². The lowest BCUT2D eigenvalue weighted by Crippen LogP contribution is -2.13. The van der Waals surface area contributed by atoms with Gasteiger partial charge in [-0.3, -0.25) is 5.32 Å². The summed E-state index contributed by atoms with van der Waals surface area (Å²) in [5, 5.41) is 11.6. The highest BCUT2D eigenvalue weighted by Gasteiger charge is 2.15. The fraction of sp³-hybridized carbons (Fsp3) is 0.0526. The molecular weight excluding hydrogens is 323 g/mol. The number of carbonyl (C=O) groups excluding carboxylic acids is 1. The fourth-order valence-corrected chi connectivity index (χ4v) is 2.18.